The molecule has 0 aliphatic heterocycles. The van der Waals surface area contributed by atoms with Crippen molar-refractivity contribution in [2.75, 3.05) is 5.73 Å². The number of aromatic nitrogens is 1. The molecule has 0 radical (unpaired) electrons. The molecule has 0 aliphatic carbocycles. The molecule has 27 heavy (non-hydrogen) atoms. The second kappa shape index (κ2) is 7.43. The van der Waals surface area contributed by atoms with Gasteiger partial charge in [-0.2, -0.15) is 0 Å². The molecule has 4 aromatic rings. The Labute approximate surface area is 160 Å². The maximum atomic E-state index is 12.4. The molecule has 0 atom stereocenters. The Kier molecular flexibility index (Phi) is 4.68. The number of esters is 1. The summed E-state index contributed by atoms with van der Waals surface area (Å²) < 4.78 is 5.46. The number of nitrogens with zero attached hydrogens (tertiary/aromatic N) is 1. The minimum atomic E-state index is -0.389. The number of rotatable bonds is 4. The molecule has 0 saturated carbocycles. The van der Waals surface area contributed by atoms with Crippen LogP contribution < -0.4 is 10.5 Å². The fourth-order valence-electron chi connectivity index (χ4n) is 2.71. The summed E-state index contributed by atoms with van der Waals surface area (Å²) in [4.78, 5) is 16.6. The fraction of sp³-hybridized carbons (Fsp3) is 0. The van der Waals surface area contributed by atoms with Crippen molar-refractivity contribution >= 4 is 22.4 Å². The topological polar surface area (TPSA) is 65.2 Å². The van der Waals surface area contributed by atoms with E-state index in [1.54, 1.807) is 24.3 Å². The van der Waals surface area contributed by atoms with E-state index in [0.717, 1.165) is 22.4 Å². The van der Waals surface area contributed by atoms with Crippen LogP contribution in [0.15, 0.2) is 84.2 Å². The van der Waals surface area contributed by atoms with Gasteiger partial charge in [0.15, 0.2) is 5.13 Å². The van der Waals surface area contributed by atoms with Crippen molar-refractivity contribution in [2.24, 2.45) is 0 Å². The van der Waals surface area contributed by atoms with Gasteiger partial charge in [-0.15, -0.1) is 11.3 Å². The van der Waals surface area contributed by atoms with Gasteiger partial charge in [-0.25, -0.2) is 9.78 Å². The van der Waals surface area contributed by atoms with Gasteiger partial charge in [0.05, 0.1) is 11.3 Å². The molecule has 1 aromatic heterocycles. The summed E-state index contributed by atoms with van der Waals surface area (Å²) in [7, 11) is 0. The fourth-order valence-corrected chi connectivity index (χ4v) is 3.28. The molecule has 132 valence electrons. The number of carbonyl (C=O) groups excluding carboxylic acids is 1. The standard InChI is InChI=1S/C22H16N2O2S/c23-22-24-20(14-27-22)17-10-12-19(13-11-17)26-21(25)18-8-6-16(7-9-18)15-4-2-1-3-5-15/h1-14H,(H2,23,24). The molecular formula is C22H16N2O2S. The van der Waals surface area contributed by atoms with Crippen molar-refractivity contribution in [3.8, 4) is 28.1 Å². The number of hydrogen-bond donors (Lipinski definition) is 1. The van der Waals surface area contributed by atoms with Crippen molar-refractivity contribution in [3.63, 3.8) is 0 Å². The number of nitrogen functional groups attached to an aromatic ring is 1. The lowest BCUT2D eigenvalue weighted by Crippen LogP contribution is -2.08. The Hall–Kier alpha value is -3.44. The van der Waals surface area contributed by atoms with Gasteiger partial charge in [0.25, 0.3) is 0 Å². The zero-order chi connectivity index (χ0) is 18.6. The summed E-state index contributed by atoms with van der Waals surface area (Å²) in [6.45, 7) is 0. The van der Waals surface area contributed by atoms with Gasteiger partial charge in [-0.3, -0.25) is 0 Å². The average molecular weight is 372 g/mol. The number of thiazole rings is 1. The Morgan fingerprint density at radius 2 is 1.44 bits per heavy atom. The normalized spacial score (nSPS) is 10.5. The highest BCUT2D eigenvalue weighted by molar-refractivity contribution is 7.13. The van der Waals surface area contributed by atoms with Crippen LogP contribution in [0, 0.1) is 0 Å². The number of ether oxygens (including phenoxy) is 1. The highest BCUT2D eigenvalue weighted by Crippen LogP contribution is 2.25. The van der Waals surface area contributed by atoms with Crippen LogP contribution in [0.25, 0.3) is 22.4 Å². The Morgan fingerprint density at radius 1 is 0.815 bits per heavy atom. The third-order valence-corrected chi connectivity index (χ3v) is 4.78. The van der Waals surface area contributed by atoms with Crippen LogP contribution in [0.3, 0.4) is 0 Å². The molecule has 4 rings (SSSR count). The largest absolute Gasteiger partial charge is 0.423 e. The number of benzene rings is 3. The summed E-state index contributed by atoms with van der Waals surface area (Å²) in [6.07, 6.45) is 0. The molecule has 2 N–H and O–H groups in total. The highest BCUT2D eigenvalue weighted by Gasteiger charge is 2.10. The monoisotopic (exact) mass is 372 g/mol. The third kappa shape index (κ3) is 3.88. The zero-order valence-corrected chi connectivity index (χ0v) is 15.1. The minimum absolute atomic E-state index is 0.389. The van der Waals surface area contributed by atoms with Gasteiger partial charge >= 0.3 is 5.97 Å². The SMILES string of the molecule is Nc1nc(-c2ccc(OC(=O)c3ccc(-c4ccccc4)cc3)cc2)cs1. The van der Waals surface area contributed by atoms with Crippen LogP contribution in [0.1, 0.15) is 10.4 Å². The maximum absolute atomic E-state index is 12.4. The van der Waals surface area contributed by atoms with Gasteiger partial charge in [-0.05, 0) is 47.5 Å². The first kappa shape index (κ1) is 17.0. The highest BCUT2D eigenvalue weighted by atomic mass is 32.1. The summed E-state index contributed by atoms with van der Waals surface area (Å²) in [5.74, 6) is 0.0966. The minimum Gasteiger partial charge on any atom is -0.423 e. The number of anilines is 1. The Morgan fingerprint density at radius 3 is 2.07 bits per heavy atom. The molecule has 1 heterocycles. The molecule has 0 fully saturated rings. The maximum Gasteiger partial charge on any atom is 0.343 e. The van der Waals surface area contributed by atoms with E-state index in [2.05, 4.69) is 4.98 Å². The Bertz CT molecular complexity index is 1060. The molecule has 0 amide bonds. The predicted octanol–water partition coefficient (Wildman–Crippen LogP) is 5.28. The van der Waals surface area contributed by atoms with Gasteiger partial charge < -0.3 is 10.5 Å². The van der Waals surface area contributed by atoms with Crippen molar-refractivity contribution in [2.45, 2.75) is 0 Å². The number of carbonyl (C=O) groups is 1. The third-order valence-electron chi connectivity index (χ3n) is 4.11. The molecule has 5 heteroatoms. The van der Waals surface area contributed by atoms with E-state index in [1.807, 2.05) is 60.0 Å². The lowest BCUT2D eigenvalue weighted by Gasteiger charge is -2.06. The van der Waals surface area contributed by atoms with Crippen LogP contribution in [0.4, 0.5) is 5.13 Å². The van der Waals surface area contributed by atoms with Crippen LogP contribution in [-0.4, -0.2) is 11.0 Å². The summed E-state index contributed by atoms with van der Waals surface area (Å²) in [6, 6.07) is 24.6. The Balaban J connectivity index is 1.46. The van der Waals surface area contributed by atoms with Crippen molar-refractivity contribution in [1.82, 2.24) is 4.98 Å². The van der Waals surface area contributed by atoms with Crippen LogP contribution in [0.5, 0.6) is 5.75 Å². The van der Waals surface area contributed by atoms with Crippen LogP contribution in [-0.2, 0) is 0 Å². The molecule has 0 aliphatic rings. The second-order valence-corrected chi connectivity index (χ2v) is 6.82. The lowest BCUT2D eigenvalue weighted by molar-refractivity contribution is 0.0735. The molecular weight excluding hydrogens is 356 g/mol. The first-order chi connectivity index (χ1) is 13.2. The van der Waals surface area contributed by atoms with E-state index < -0.39 is 0 Å². The van der Waals surface area contributed by atoms with Gasteiger partial charge in [0, 0.05) is 10.9 Å². The first-order valence-corrected chi connectivity index (χ1v) is 9.26. The predicted molar refractivity (Wildman–Crippen MR) is 109 cm³/mol. The summed E-state index contributed by atoms with van der Waals surface area (Å²) in [5.41, 5.74) is 10.1. The number of nitrogens with two attached hydrogens (primary N) is 1. The first-order valence-electron chi connectivity index (χ1n) is 8.38. The molecule has 4 nitrogen and oxygen atoms in total. The smallest absolute Gasteiger partial charge is 0.343 e. The number of hydrogen-bond acceptors (Lipinski definition) is 5. The quantitative estimate of drug-likeness (QED) is 0.391. The van der Waals surface area contributed by atoms with E-state index in [-0.39, 0.29) is 5.97 Å². The van der Waals surface area contributed by atoms with Crippen LogP contribution in [0.2, 0.25) is 0 Å². The van der Waals surface area contributed by atoms with Gasteiger partial charge in [-0.1, -0.05) is 42.5 Å². The van der Waals surface area contributed by atoms with Gasteiger partial charge in [0.2, 0.25) is 0 Å². The average Bonchev–Trinajstić information content (AvgIpc) is 3.16. The lowest BCUT2D eigenvalue weighted by atomic mass is 10.0. The summed E-state index contributed by atoms with van der Waals surface area (Å²) in [5, 5.41) is 2.42. The van der Waals surface area contributed by atoms with Crippen LogP contribution >= 0.6 is 11.3 Å². The van der Waals surface area contributed by atoms with E-state index in [0.29, 0.717) is 16.4 Å². The molecule has 3 aromatic carbocycles. The van der Waals surface area contributed by atoms with Crippen molar-refractivity contribution in [1.29, 1.82) is 0 Å². The van der Waals surface area contributed by atoms with E-state index in [1.165, 1.54) is 11.3 Å². The molecule has 0 saturated heterocycles. The molecule has 0 unspecified atom stereocenters. The molecule has 0 spiro atoms. The van der Waals surface area contributed by atoms with Crippen molar-refractivity contribution in [3.05, 3.63) is 89.8 Å². The van der Waals surface area contributed by atoms with E-state index >= 15 is 0 Å². The van der Waals surface area contributed by atoms with Crippen molar-refractivity contribution < 1.29 is 9.53 Å². The van der Waals surface area contributed by atoms with E-state index in [9.17, 15) is 4.79 Å². The summed E-state index contributed by atoms with van der Waals surface area (Å²) >= 11 is 1.39. The molecule has 0 bridgehead atoms. The zero-order valence-electron chi connectivity index (χ0n) is 14.3. The second-order valence-electron chi connectivity index (χ2n) is 5.93. The van der Waals surface area contributed by atoms with Gasteiger partial charge in [0.1, 0.15) is 5.75 Å². The van der Waals surface area contributed by atoms with E-state index in [4.69, 9.17) is 10.5 Å².